The molecule has 7 nitrogen and oxygen atoms in total. The first-order valence-corrected chi connectivity index (χ1v) is 10.8. The second kappa shape index (κ2) is 9.34. The molecule has 1 atom stereocenters. The first kappa shape index (κ1) is 22.6. The van der Waals surface area contributed by atoms with Crippen LogP contribution in [0.25, 0.3) is 10.9 Å². The van der Waals surface area contributed by atoms with Crippen LogP contribution >= 0.6 is 15.9 Å². The second-order valence-corrected chi connectivity index (χ2v) is 8.43. The molecule has 0 bridgehead atoms. The number of hydrogen-bond acceptors (Lipinski definition) is 3. The van der Waals surface area contributed by atoms with E-state index < -0.39 is 17.7 Å². The Morgan fingerprint density at radius 1 is 1.03 bits per heavy atom. The molecule has 3 aromatic rings. The fourth-order valence-corrected chi connectivity index (χ4v) is 3.59. The van der Waals surface area contributed by atoms with E-state index in [1.807, 2.05) is 52.0 Å². The van der Waals surface area contributed by atoms with E-state index in [-0.39, 0.29) is 11.7 Å². The van der Waals surface area contributed by atoms with Gasteiger partial charge in [-0.1, -0.05) is 41.1 Å². The molecule has 0 fully saturated rings. The largest absolute Gasteiger partial charge is 0.345 e. The minimum absolute atomic E-state index is 0.137. The van der Waals surface area contributed by atoms with Crippen LogP contribution in [-0.4, -0.2) is 28.4 Å². The van der Waals surface area contributed by atoms with Crippen molar-refractivity contribution in [2.45, 2.75) is 40.2 Å². The van der Waals surface area contributed by atoms with Gasteiger partial charge >= 0.3 is 11.8 Å². The molecule has 0 aliphatic rings. The van der Waals surface area contributed by atoms with Crippen LogP contribution in [0.1, 0.15) is 41.9 Å². The molecule has 0 unspecified atom stereocenters. The molecule has 2 aromatic carbocycles. The number of benzene rings is 2. The van der Waals surface area contributed by atoms with Crippen LogP contribution in [0.15, 0.2) is 46.9 Å². The molecule has 0 saturated heterocycles. The predicted molar refractivity (Wildman–Crippen MR) is 126 cm³/mol. The number of aromatic nitrogens is 1. The summed E-state index contributed by atoms with van der Waals surface area (Å²) in [6.45, 7) is 7.56. The molecule has 31 heavy (non-hydrogen) atoms. The van der Waals surface area contributed by atoms with Crippen molar-refractivity contribution in [2.75, 3.05) is 10.7 Å². The lowest BCUT2D eigenvalue weighted by molar-refractivity contribution is -0.137. The normalized spacial score (nSPS) is 11.8. The summed E-state index contributed by atoms with van der Waals surface area (Å²) in [5.41, 5.74) is 5.94. The quantitative estimate of drug-likeness (QED) is 0.472. The first-order valence-electron chi connectivity index (χ1n) is 10.0. The number of carbonyl (C=O) groups is 3. The molecule has 8 heteroatoms. The van der Waals surface area contributed by atoms with Crippen molar-refractivity contribution in [3.05, 3.63) is 63.8 Å². The maximum absolute atomic E-state index is 13.2. The monoisotopic (exact) mass is 484 g/mol. The number of carbonyl (C=O) groups excluding carboxylic acids is 3. The van der Waals surface area contributed by atoms with Gasteiger partial charge in [0.1, 0.15) is 5.69 Å². The summed E-state index contributed by atoms with van der Waals surface area (Å²) in [6, 6.07) is 12.7. The van der Waals surface area contributed by atoms with Crippen molar-refractivity contribution in [1.29, 1.82) is 0 Å². The fraction of sp³-hybridized carbons (Fsp3) is 0.261. The minimum atomic E-state index is -0.846. The van der Waals surface area contributed by atoms with E-state index in [0.29, 0.717) is 17.6 Å². The standard InChI is InChI=1S/C23H25BrN4O3/c1-5-15(4)25-22(30)23(31)27-28-18-10-9-17(24)11-16(18)12-19(28)21(29)26-20-13(2)7-6-8-14(20)3/h6-12,15H,5H2,1-4H3,(H,25,30)(H,26,29)(H,27,31)/t15-/m0/s1. The van der Waals surface area contributed by atoms with Crippen molar-refractivity contribution in [3.8, 4) is 0 Å². The lowest BCUT2D eigenvalue weighted by Crippen LogP contribution is -2.43. The number of aryl methyl sites for hydroxylation is 2. The maximum atomic E-state index is 13.2. The third-order valence-corrected chi connectivity index (χ3v) is 5.62. The van der Waals surface area contributed by atoms with E-state index in [1.165, 1.54) is 4.68 Å². The molecule has 162 valence electrons. The highest BCUT2D eigenvalue weighted by atomic mass is 79.9. The van der Waals surface area contributed by atoms with Gasteiger partial charge in [0.25, 0.3) is 5.91 Å². The summed E-state index contributed by atoms with van der Waals surface area (Å²) in [5, 5.41) is 6.30. The molecule has 0 spiro atoms. The highest BCUT2D eigenvalue weighted by Gasteiger charge is 2.22. The van der Waals surface area contributed by atoms with Crippen molar-refractivity contribution in [1.82, 2.24) is 9.99 Å². The molecule has 0 saturated carbocycles. The number of rotatable bonds is 5. The SMILES string of the molecule is CC[C@H](C)NC(=O)C(=O)Nn1c(C(=O)Nc2c(C)cccc2C)cc2cc(Br)ccc21. The highest BCUT2D eigenvalue weighted by molar-refractivity contribution is 9.10. The molecule has 1 aromatic heterocycles. The van der Waals surface area contributed by atoms with Gasteiger partial charge in [-0.3, -0.25) is 19.8 Å². The van der Waals surface area contributed by atoms with Gasteiger partial charge in [0, 0.05) is 21.6 Å². The lowest BCUT2D eigenvalue weighted by atomic mass is 10.1. The Morgan fingerprint density at radius 2 is 1.71 bits per heavy atom. The van der Waals surface area contributed by atoms with Gasteiger partial charge in [0.2, 0.25) is 0 Å². The van der Waals surface area contributed by atoms with E-state index >= 15 is 0 Å². The molecule has 3 amide bonds. The highest BCUT2D eigenvalue weighted by Crippen LogP contribution is 2.25. The maximum Gasteiger partial charge on any atom is 0.328 e. The van der Waals surface area contributed by atoms with Crippen LogP contribution in [0.4, 0.5) is 5.69 Å². The van der Waals surface area contributed by atoms with Crippen LogP contribution in [0.2, 0.25) is 0 Å². The number of fused-ring (bicyclic) bond motifs is 1. The number of para-hydroxylation sites is 1. The number of amides is 3. The van der Waals surface area contributed by atoms with Crippen molar-refractivity contribution < 1.29 is 14.4 Å². The van der Waals surface area contributed by atoms with E-state index in [9.17, 15) is 14.4 Å². The average Bonchev–Trinajstić information content (AvgIpc) is 3.07. The number of hydrogen-bond donors (Lipinski definition) is 3. The Bertz CT molecular complexity index is 1150. The molecule has 0 radical (unpaired) electrons. The van der Waals surface area contributed by atoms with Crippen LogP contribution < -0.4 is 16.1 Å². The smallest absolute Gasteiger partial charge is 0.328 e. The summed E-state index contributed by atoms with van der Waals surface area (Å²) < 4.78 is 2.18. The Hall–Kier alpha value is -3.13. The zero-order valence-electron chi connectivity index (χ0n) is 17.9. The molecule has 1 heterocycles. The minimum Gasteiger partial charge on any atom is -0.345 e. The average molecular weight is 485 g/mol. The Morgan fingerprint density at radius 3 is 2.35 bits per heavy atom. The number of anilines is 1. The molecular weight excluding hydrogens is 460 g/mol. The van der Waals surface area contributed by atoms with Gasteiger partial charge in [0.05, 0.1) is 5.52 Å². The van der Waals surface area contributed by atoms with Crippen molar-refractivity contribution in [2.24, 2.45) is 0 Å². The molecule has 0 aliphatic heterocycles. The zero-order chi connectivity index (χ0) is 22.7. The van der Waals surface area contributed by atoms with E-state index in [0.717, 1.165) is 21.0 Å². The van der Waals surface area contributed by atoms with E-state index in [4.69, 9.17) is 0 Å². The van der Waals surface area contributed by atoms with E-state index in [1.54, 1.807) is 18.2 Å². The topological polar surface area (TPSA) is 92.2 Å². The number of nitrogens with zero attached hydrogens (tertiary/aromatic N) is 1. The predicted octanol–water partition coefficient (Wildman–Crippen LogP) is 4.26. The van der Waals surface area contributed by atoms with E-state index in [2.05, 4.69) is 32.0 Å². The number of halogens is 1. The molecule has 0 aliphatic carbocycles. The first-order chi connectivity index (χ1) is 14.7. The summed E-state index contributed by atoms with van der Waals surface area (Å²) in [4.78, 5) is 37.9. The fourth-order valence-electron chi connectivity index (χ4n) is 3.21. The molecule has 3 rings (SSSR count). The summed E-state index contributed by atoms with van der Waals surface area (Å²) in [7, 11) is 0. The van der Waals surface area contributed by atoms with Gasteiger partial charge in [-0.05, 0) is 62.6 Å². The molecular formula is C23H25BrN4O3. The van der Waals surface area contributed by atoms with Crippen molar-refractivity contribution in [3.63, 3.8) is 0 Å². The lowest BCUT2D eigenvalue weighted by Gasteiger charge is -2.15. The van der Waals surface area contributed by atoms with Gasteiger partial charge in [-0.15, -0.1) is 0 Å². The van der Waals surface area contributed by atoms with Gasteiger partial charge in [-0.2, -0.15) is 0 Å². The van der Waals surface area contributed by atoms with Crippen LogP contribution in [0.5, 0.6) is 0 Å². The van der Waals surface area contributed by atoms with Gasteiger partial charge in [-0.25, -0.2) is 4.68 Å². The van der Waals surface area contributed by atoms with Crippen molar-refractivity contribution >= 4 is 50.2 Å². The third-order valence-electron chi connectivity index (χ3n) is 5.13. The van der Waals surface area contributed by atoms with Crippen LogP contribution in [0, 0.1) is 13.8 Å². The Labute approximate surface area is 189 Å². The Balaban J connectivity index is 1.98. The Kier molecular flexibility index (Phi) is 6.80. The number of nitrogens with one attached hydrogen (secondary N) is 3. The summed E-state index contributed by atoms with van der Waals surface area (Å²) in [6.07, 6.45) is 0.697. The van der Waals surface area contributed by atoms with Gasteiger partial charge < -0.3 is 10.6 Å². The third kappa shape index (κ3) is 4.96. The summed E-state index contributed by atoms with van der Waals surface area (Å²) >= 11 is 3.42. The molecule has 3 N–H and O–H groups in total. The van der Waals surface area contributed by atoms with Crippen LogP contribution in [-0.2, 0) is 9.59 Å². The van der Waals surface area contributed by atoms with Gasteiger partial charge in [0.15, 0.2) is 0 Å². The second-order valence-electron chi connectivity index (χ2n) is 7.51. The van der Waals surface area contributed by atoms with Crippen LogP contribution in [0.3, 0.4) is 0 Å². The summed E-state index contributed by atoms with van der Waals surface area (Å²) in [5.74, 6) is -2.00. The zero-order valence-corrected chi connectivity index (χ0v) is 19.5.